The van der Waals surface area contributed by atoms with Crippen LogP contribution in [0.1, 0.15) is 0 Å². The molecule has 3 heteroatoms. The van der Waals surface area contributed by atoms with Crippen LogP contribution in [0, 0.1) is 0 Å². The van der Waals surface area contributed by atoms with E-state index in [-0.39, 0.29) is 0 Å². The fourth-order valence-electron chi connectivity index (χ4n) is 0.594. The first-order valence-electron chi connectivity index (χ1n) is 2.77. The van der Waals surface area contributed by atoms with E-state index in [1.54, 1.807) is 0 Å². The van der Waals surface area contributed by atoms with Gasteiger partial charge >= 0.3 is 76.7 Å². The van der Waals surface area contributed by atoms with Crippen molar-refractivity contribution in [3.63, 3.8) is 0 Å². The molecule has 0 radical (unpaired) electrons. The van der Waals surface area contributed by atoms with Crippen LogP contribution in [0.25, 0.3) is 0 Å². The van der Waals surface area contributed by atoms with E-state index in [0.717, 1.165) is 9.80 Å². The number of hydrogen-bond acceptors (Lipinski definition) is 0. The monoisotopic (exact) mass is 240 g/mol. The molecule has 0 saturated heterocycles. The number of rotatable bonds is 2. The first-order valence-corrected chi connectivity index (χ1v) is 5.75. The summed E-state index contributed by atoms with van der Waals surface area (Å²) in [5.74, 6) is 0. The third-order valence-electron chi connectivity index (χ3n) is 1.03. The molecule has 0 aromatic heterocycles. The molecule has 0 N–H and O–H groups in total. The number of benzene rings is 1. The summed E-state index contributed by atoms with van der Waals surface area (Å²) in [5.41, 5.74) is 0. The minimum absolute atomic E-state index is 0.409. The van der Waals surface area contributed by atoms with Crippen molar-refractivity contribution in [2.45, 2.75) is 0 Å². The SMILES string of the molecule is ClC[Se]c1ccc(Cl)cc1. The van der Waals surface area contributed by atoms with Crippen molar-refractivity contribution in [3.8, 4) is 0 Å². The van der Waals surface area contributed by atoms with Crippen molar-refractivity contribution in [3.05, 3.63) is 29.3 Å². The zero-order valence-corrected chi connectivity index (χ0v) is 8.41. The van der Waals surface area contributed by atoms with E-state index in [4.69, 9.17) is 23.2 Å². The molecule has 54 valence electrons. The molecule has 0 aliphatic rings. The molecular weight excluding hydrogens is 234 g/mol. The molecule has 0 aliphatic carbocycles. The summed E-state index contributed by atoms with van der Waals surface area (Å²) >= 11 is 11.7. The zero-order valence-electron chi connectivity index (χ0n) is 5.18. The Labute approximate surface area is 76.7 Å². The van der Waals surface area contributed by atoms with E-state index in [1.807, 2.05) is 24.3 Å². The molecule has 0 bridgehead atoms. The molecule has 0 aliphatic heterocycles. The molecule has 0 unspecified atom stereocenters. The summed E-state index contributed by atoms with van der Waals surface area (Å²) in [7, 11) is 0. The Morgan fingerprint density at radius 2 is 1.80 bits per heavy atom. The molecule has 1 rings (SSSR count). The summed E-state index contributed by atoms with van der Waals surface area (Å²) < 4.78 is 2.03. The van der Waals surface area contributed by atoms with Gasteiger partial charge in [0.15, 0.2) is 0 Å². The second-order valence-corrected chi connectivity index (χ2v) is 5.33. The maximum atomic E-state index is 5.69. The third-order valence-corrected chi connectivity index (χ3v) is 3.35. The van der Waals surface area contributed by atoms with Gasteiger partial charge in [-0.3, -0.25) is 0 Å². The van der Waals surface area contributed by atoms with Crippen LogP contribution in [0.15, 0.2) is 24.3 Å². The Bertz CT molecular complexity index is 195. The maximum absolute atomic E-state index is 5.69. The van der Waals surface area contributed by atoms with Crippen LogP contribution in [-0.2, 0) is 0 Å². The van der Waals surface area contributed by atoms with Crippen molar-refractivity contribution < 1.29 is 0 Å². The molecule has 0 atom stereocenters. The van der Waals surface area contributed by atoms with Gasteiger partial charge in [0.05, 0.1) is 0 Å². The van der Waals surface area contributed by atoms with Gasteiger partial charge in [-0.2, -0.15) is 0 Å². The summed E-state index contributed by atoms with van der Waals surface area (Å²) in [6, 6.07) is 7.83. The van der Waals surface area contributed by atoms with E-state index < -0.39 is 0 Å². The Morgan fingerprint density at radius 1 is 1.20 bits per heavy atom. The molecule has 1 aromatic carbocycles. The van der Waals surface area contributed by atoms with Crippen LogP contribution in [0.5, 0.6) is 0 Å². The normalized spacial score (nSPS) is 9.80. The van der Waals surface area contributed by atoms with Crippen molar-refractivity contribution in [2.75, 3.05) is 4.78 Å². The zero-order chi connectivity index (χ0) is 7.40. The van der Waals surface area contributed by atoms with E-state index in [1.165, 1.54) is 4.46 Å². The minimum atomic E-state index is 0.409. The molecule has 10 heavy (non-hydrogen) atoms. The third kappa shape index (κ3) is 2.51. The van der Waals surface area contributed by atoms with Crippen LogP contribution < -0.4 is 4.46 Å². The predicted molar refractivity (Wildman–Crippen MR) is 47.6 cm³/mol. The Kier molecular flexibility index (Phi) is 3.58. The predicted octanol–water partition coefficient (Wildman–Crippen LogP) is 1.87. The van der Waals surface area contributed by atoms with Gasteiger partial charge in [0.2, 0.25) is 0 Å². The summed E-state index contributed by atoms with van der Waals surface area (Å²) in [6.07, 6.45) is 0. The Balaban J connectivity index is 2.69. The van der Waals surface area contributed by atoms with Crippen molar-refractivity contribution >= 4 is 42.6 Å². The molecule has 0 spiro atoms. The average Bonchev–Trinajstić information content (AvgIpc) is 1.95. The summed E-state index contributed by atoms with van der Waals surface area (Å²) in [5, 5.41) is 0.786. The average molecular weight is 240 g/mol. The van der Waals surface area contributed by atoms with Gasteiger partial charge < -0.3 is 0 Å². The van der Waals surface area contributed by atoms with E-state index >= 15 is 0 Å². The fourth-order valence-corrected chi connectivity index (χ4v) is 2.33. The molecule has 0 amide bonds. The molecule has 0 heterocycles. The van der Waals surface area contributed by atoms with Gasteiger partial charge in [-0.1, -0.05) is 0 Å². The van der Waals surface area contributed by atoms with Crippen LogP contribution in [-0.4, -0.2) is 19.7 Å². The van der Waals surface area contributed by atoms with Gasteiger partial charge in [-0.05, 0) is 0 Å². The van der Waals surface area contributed by atoms with Crippen LogP contribution >= 0.6 is 23.2 Å². The van der Waals surface area contributed by atoms with Gasteiger partial charge in [0, 0.05) is 0 Å². The fraction of sp³-hybridized carbons (Fsp3) is 0.143. The second kappa shape index (κ2) is 4.25. The number of hydrogen-bond donors (Lipinski definition) is 0. The van der Waals surface area contributed by atoms with Gasteiger partial charge in [-0.15, -0.1) is 0 Å². The van der Waals surface area contributed by atoms with Crippen molar-refractivity contribution in [1.82, 2.24) is 0 Å². The molecular formula is C7H6Cl2Se. The van der Waals surface area contributed by atoms with Crippen molar-refractivity contribution in [1.29, 1.82) is 0 Å². The second-order valence-electron chi connectivity index (χ2n) is 1.71. The first-order chi connectivity index (χ1) is 4.83. The summed E-state index contributed by atoms with van der Waals surface area (Å²) in [4.78, 5) is 0. The van der Waals surface area contributed by atoms with Crippen LogP contribution in [0.3, 0.4) is 0 Å². The topological polar surface area (TPSA) is 0 Å². The molecule has 0 nitrogen and oxygen atoms in total. The summed E-state index contributed by atoms with van der Waals surface area (Å²) in [6.45, 7) is 0. The van der Waals surface area contributed by atoms with Gasteiger partial charge in [-0.25, -0.2) is 0 Å². The number of alkyl halides is 1. The van der Waals surface area contributed by atoms with E-state index in [9.17, 15) is 0 Å². The van der Waals surface area contributed by atoms with Crippen LogP contribution in [0.2, 0.25) is 5.02 Å². The molecule has 1 aromatic rings. The number of halogens is 2. The molecule has 0 fully saturated rings. The van der Waals surface area contributed by atoms with Gasteiger partial charge in [0.25, 0.3) is 0 Å². The van der Waals surface area contributed by atoms with Gasteiger partial charge in [0.1, 0.15) is 0 Å². The standard InChI is InChI=1S/C7H6Cl2Se/c8-5-10-7-3-1-6(9)2-4-7/h1-4H,5H2. The van der Waals surface area contributed by atoms with Crippen molar-refractivity contribution in [2.24, 2.45) is 0 Å². The first kappa shape index (κ1) is 8.42. The Hall–Kier alpha value is 0.319. The van der Waals surface area contributed by atoms with E-state index in [0.29, 0.717) is 15.0 Å². The molecule has 0 saturated carbocycles. The quantitative estimate of drug-likeness (QED) is 0.546. The Morgan fingerprint density at radius 3 is 2.30 bits per heavy atom. The van der Waals surface area contributed by atoms with E-state index in [2.05, 4.69) is 0 Å². The van der Waals surface area contributed by atoms with Crippen LogP contribution in [0.4, 0.5) is 0 Å².